The molecule has 0 saturated carbocycles. The maximum absolute atomic E-state index is 12.8. The van der Waals surface area contributed by atoms with Crippen LogP contribution in [0.4, 0.5) is 10.5 Å². The number of nitrogens with zero attached hydrogens (tertiary/aromatic N) is 1. The lowest BCUT2D eigenvalue weighted by molar-refractivity contribution is 0.0635. The Balaban J connectivity index is 1.62. The quantitative estimate of drug-likeness (QED) is 0.659. The van der Waals surface area contributed by atoms with Crippen molar-refractivity contribution in [3.63, 3.8) is 0 Å². The van der Waals surface area contributed by atoms with Crippen LogP contribution >= 0.6 is 0 Å². The van der Waals surface area contributed by atoms with E-state index in [2.05, 4.69) is 21.6 Å². The number of rotatable bonds is 7. The van der Waals surface area contributed by atoms with Gasteiger partial charge in [0.05, 0.1) is 13.2 Å². The fourth-order valence-corrected chi connectivity index (χ4v) is 3.78. The van der Waals surface area contributed by atoms with Crippen LogP contribution in [0.1, 0.15) is 55.6 Å². The van der Waals surface area contributed by atoms with Gasteiger partial charge in [-0.25, -0.2) is 4.79 Å². The summed E-state index contributed by atoms with van der Waals surface area (Å²) < 4.78 is 10.6. The van der Waals surface area contributed by atoms with Gasteiger partial charge in [0.15, 0.2) is 0 Å². The summed E-state index contributed by atoms with van der Waals surface area (Å²) in [5, 5.41) is 5.74. The highest BCUT2D eigenvalue weighted by Crippen LogP contribution is 2.27. The third-order valence-electron chi connectivity index (χ3n) is 5.31. The zero-order valence-corrected chi connectivity index (χ0v) is 19.3. The molecular formula is C25H33N3O4. The Morgan fingerprint density at radius 2 is 1.75 bits per heavy atom. The second kappa shape index (κ2) is 10.5. The van der Waals surface area contributed by atoms with E-state index in [0.717, 1.165) is 24.4 Å². The van der Waals surface area contributed by atoms with E-state index in [1.54, 1.807) is 52.1 Å². The number of nitrogens with one attached hydrogen (secondary N) is 2. The zero-order valence-electron chi connectivity index (χ0n) is 19.3. The first kappa shape index (κ1) is 23.6. The molecule has 0 aromatic heterocycles. The summed E-state index contributed by atoms with van der Waals surface area (Å²) in [6.45, 7) is 7.96. The Labute approximate surface area is 190 Å². The van der Waals surface area contributed by atoms with E-state index >= 15 is 0 Å². The Kier molecular flexibility index (Phi) is 7.75. The largest absolute Gasteiger partial charge is 0.497 e. The molecule has 0 aliphatic carbocycles. The Morgan fingerprint density at radius 1 is 1.06 bits per heavy atom. The average molecular weight is 440 g/mol. The van der Waals surface area contributed by atoms with Crippen molar-refractivity contribution in [1.29, 1.82) is 0 Å². The molecule has 1 heterocycles. The smallest absolute Gasteiger partial charge is 0.412 e. The summed E-state index contributed by atoms with van der Waals surface area (Å²) in [5.74, 6) is 0.659. The minimum atomic E-state index is -0.571. The summed E-state index contributed by atoms with van der Waals surface area (Å²) in [6, 6.07) is 14.9. The van der Waals surface area contributed by atoms with Crippen LogP contribution in [0.3, 0.4) is 0 Å². The van der Waals surface area contributed by atoms with Gasteiger partial charge in [0, 0.05) is 17.8 Å². The van der Waals surface area contributed by atoms with E-state index in [0.29, 0.717) is 17.8 Å². The lowest BCUT2D eigenvalue weighted by Gasteiger charge is -2.28. The molecule has 1 aliphatic rings. The van der Waals surface area contributed by atoms with Gasteiger partial charge in [0.2, 0.25) is 0 Å². The van der Waals surface area contributed by atoms with Gasteiger partial charge in [0.1, 0.15) is 11.4 Å². The van der Waals surface area contributed by atoms with Gasteiger partial charge in [-0.2, -0.15) is 0 Å². The molecule has 172 valence electrons. The van der Waals surface area contributed by atoms with Crippen molar-refractivity contribution in [1.82, 2.24) is 10.2 Å². The number of carbonyl (C=O) groups is 2. The summed E-state index contributed by atoms with van der Waals surface area (Å²) in [5.41, 5.74) is 1.66. The minimum absolute atomic E-state index is 0.0876. The van der Waals surface area contributed by atoms with E-state index in [1.807, 2.05) is 18.2 Å². The molecule has 7 heteroatoms. The maximum atomic E-state index is 12.8. The summed E-state index contributed by atoms with van der Waals surface area (Å²) in [4.78, 5) is 27.1. The lowest BCUT2D eigenvalue weighted by Crippen LogP contribution is -2.36. The predicted molar refractivity (Wildman–Crippen MR) is 125 cm³/mol. The molecule has 3 rings (SSSR count). The highest BCUT2D eigenvalue weighted by molar-refractivity contribution is 5.95. The third kappa shape index (κ3) is 6.72. The van der Waals surface area contributed by atoms with Gasteiger partial charge < -0.3 is 14.8 Å². The SMILES string of the molecule is COc1cccc([C@@H](CNC(=O)c2ccc(NC(=O)OC(C)(C)C)cc2)N2CCCC2)c1. The van der Waals surface area contributed by atoms with Crippen LogP contribution in [0, 0.1) is 0 Å². The zero-order chi connectivity index (χ0) is 23.1. The second-order valence-corrected chi connectivity index (χ2v) is 8.95. The topological polar surface area (TPSA) is 79.9 Å². The lowest BCUT2D eigenvalue weighted by atomic mass is 10.0. The van der Waals surface area contributed by atoms with E-state index in [9.17, 15) is 9.59 Å². The number of likely N-dealkylation sites (tertiary alicyclic amines) is 1. The number of carbonyl (C=O) groups excluding carboxylic acids is 2. The van der Waals surface area contributed by atoms with Crippen LogP contribution in [-0.2, 0) is 4.74 Å². The molecule has 1 saturated heterocycles. The van der Waals surface area contributed by atoms with Crippen molar-refractivity contribution in [3.05, 3.63) is 59.7 Å². The first-order valence-electron chi connectivity index (χ1n) is 11.0. The van der Waals surface area contributed by atoms with Crippen LogP contribution in [0.5, 0.6) is 5.75 Å². The van der Waals surface area contributed by atoms with Crippen molar-refractivity contribution < 1.29 is 19.1 Å². The molecule has 7 nitrogen and oxygen atoms in total. The number of methoxy groups -OCH3 is 1. The third-order valence-corrected chi connectivity index (χ3v) is 5.31. The van der Waals surface area contributed by atoms with Crippen molar-refractivity contribution in [2.24, 2.45) is 0 Å². The number of hydrogen-bond donors (Lipinski definition) is 2. The van der Waals surface area contributed by atoms with E-state index in [1.165, 1.54) is 12.8 Å². The molecule has 0 radical (unpaired) electrons. The fraction of sp³-hybridized carbons (Fsp3) is 0.440. The molecule has 2 aromatic carbocycles. The van der Waals surface area contributed by atoms with Gasteiger partial charge in [-0.15, -0.1) is 0 Å². The summed E-state index contributed by atoms with van der Waals surface area (Å²) in [7, 11) is 1.66. The number of amides is 2. The Hall–Kier alpha value is -3.06. The molecule has 1 atom stereocenters. The number of hydrogen-bond acceptors (Lipinski definition) is 5. The van der Waals surface area contributed by atoms with Crippen molar-refractivity contribution in [2.45, 2.75) is 45.3 Å². The molecule has 1 fully saturated rings. The fourth-order valence-electron chi connectivity index (χ4n) is 3.78. The average Bonchev–Trinajstić information content (AvgIpc) is 3.27. The number of benzene rings is 2. The van der Waals surface area contributed by atoms with E-state index < -0.39 is 11.7 Å². The monoisotopic (exact) mass is 439 g/mol. The van der Waals surface area contributed by atoms with Gasteiger partial charge in [-0.05, 0) is 88.7 Å². The van der Waals surface area contributed by atoms with Crippen LogP contribution < -0.4 is 15.4 Å². The van der Waals surface area contributed by atoms with E-state index in [-0.39, 0.29) is 11.9 Å². The number of ether oxygens (including phenoxy) is 2. The normalized spacial score (nSPS) is 15.1. The Morgan fingerprint density at radius 3 is 2.38 bits per heavy atom. The van der Waals surface area contributed by atoms with Gasteiger partial charge in [0.25, 0.3) is 5.91 Å². The van der Waals surface area contributed by atoms with Crippen LogP contribution in [0.25, 0.3) is 0 Å². The first-order valence-corrected chi connectivity index (χ1v) is 11.0. The molecule has 1 aliphatic heterocycles. The molecule has 0 bridgehead atoms. The molecule has 2 aromatic rings. The Bertz CT molecular complexity index is 916. The van der Waals surface area contributed by atoms with Crippen molar-refractivity contribution in [3.8, 4) is 5.75 Å². The molecule has 32 heavy (non-hydrogen) atoms. The van der Waals surface area contributed by atoms with Crippen LogP contribution in [-0.4, -0.2) is 49.2 Å². The van der Waals surface area contributed by atoms with Gasteiger partial charge in [-0.3, -0.25) is 15.0 Å². The first-order chi connectivity index (χ1) is 15.2. The van der Waals surface area contributed by atoms with Gasteiger partial charge in [-0.1, -0.05) is 12.1 Å². The summed E-state index contributed by atoms with van der Waals surface area (Å²) >= 11 is 0. The second-order valence-electron chi connectivity index (χ2n) is 8.95. The molecular weight excluding hydrogens is 406 g/mol. The maximum Gasteiger partial charge on any atom is 0.412 e. The minimum Gasteiger partial charge on any atom is -0.497 e. The molecule has 2 amide bonds. The predicted octanol–water partition coefficient (Wildman–Crippen LogP) is 4.61. The van der Waals surface area contributed by atoms with Crippen molar-refractivity contribution in [2.75, 3.05) is 32.1 Å². The highest BCUT2D eigenvalue weighted by Gasteiger charge is 2.24. The van der Waals surface area contributed by atoms with Crippen LogP contribution in [0.15, 0.2) is 48.5 Å². The van der Waals surface area contributed by atoms with Crippen LogP contribution in [0.2, 0.25) is 0 Å². The van der Waals surface area contributed by atoms with Crippen molar-refractivity contribution >= 4 is 17.7 Å². The molecule has 2 N–H and O–H groups in total. The van der Waals surface area contributed by atoms with E-state index in [4.69, 9.17) is 9.47 Å². The van der Waals surface area contributed by atoms with Gasteiger partial charge >= 0.3 is 6.09 Å². The molecule has 0 unspecified atom stereocenters. The molecule has 0 spiro atoms. The summed E-state index contributed by atoms with van der Waals surface area (Å²) in [6.07, 6.45) is 1.81. The standard InChI is InChI=1S/C25H33N3O4/c1-25(2,3)32-24(30)27-20-12-10-18(11-13-20)23(29)26-17-22(28-14-5-6-15-28)19-8-7-9-21(16-19)31-4/h7-13,16,22H,5-6,14-15,17H2,1-4H3,(H,26,29)(H,27,30)/t22-/m1/s1. The number of anilines is 1. The highest BCUT2D eigenvalue weighted by atomic mass is 16.6.